The van der Waals surface area contributed by atoms with Crippen LogP contribution < -0.4 is 9.46 Å². The second-order valence-electron chi connectivity index (χ2n) is 8.36. The largest absolute Gasteiger partial charge is 0.496 e. The van der Waals surface area contributed by atoms with E-state index in [1.807, 2.05) is 50.2 Å². The highest BCUT2D eigenvalue weighted by Crippen LogP contribution is 2.41. The molecule has 4 aromatic carbocycles. The molecule has 6 nitrogen and oxygen atoms in total. The highest BCUT2D eigenvalue weighted by molar-refractivity contribution is 7.92. The Hall–Kier alpha value is -4.10. The summed E-state index contributed by atoms with van der Waals surface area (Å²) in [6.45, 7) is 3.85. The Kier molecular flexibility index (Phi) is 7.41. The fourth-order valence-corrected chi connectivity index (χ4v) is 5.01. The van der Waals surface area contributed by atoms with Crippen molar-refractivity contribution in [3.8, 4) is 16.9 Å². The Bertz CT molecular complexity index is 1480. The molecule has 184 valence electrons. The normalized spacial score (nSPS) is 11.1. The third-order valence-corrected chi connectivity index (χ3v) is 7.16. The number of anilines is 1. The number of aryl methyl sites for hydroxylation is 2. The van der Waals surface area contributed by atoms with Gasteiger partial charge in [0, 0.05) is 11.1 Å². The number of hydrogen-bond donors (Lipinski definition) is 1. The summed E-state index contributed by atoms with van der Waals surface area (Å²) in [5.74, 6) is -0.113. The Morgan fingerprint density at radius 3 is 2.19 bits per heavy atom. The van der Waals surface area contributed by atoms with E-state index >= 15 is 0 Å². The first-order chi connectivity index (χ1) is 17.3. The fourth-order valence-electron chi connectivity index (χ4n) is 3.94. The average molecular weight is 502 g/mol. The van der Waals surface area contributed by atoms with Crippen molar-refractivity contribution in [3.63, 3.8) is 0 Å². The van der Waals surface area contributed by atoms with Crippen molar-refractivity contribution in [2.75, 3.05) is 11.8 Å². The smallest absolute Gasteiger partial charge is 0.339 e. The van der Waals surface area contributed by atoms with Gasteiger partial charge in [-0.15, -0.1) is 0 Å². The summed E-state index contributed by atoms with van der Waals surface area (Å²) in [7, 11) is -2.38. The topological polar surface area (TPSA) is 81.7 Å². The molecule has 7 heteroatoms. The van der Waals surface area contributed by atoms with Crippen LogP contribution in [0.4, 0.5) is 5.69 Å². The van der Waals surface area contributed by atoms with Crippen LogP contribution in [-0.2, 0) is 21.4 Å². The molecule has 0 aliphatic rings. The zero-order valence-electron chi connectivity index (χ0n) is 20.3. The van der Waals surface area contributed by atoms with E-state index in [1.165, 1.54) is 7.11 Å². The Balaban J connectivity index is 1.77. The number of ether oxygens (including phenoxy) is 2. The predicted octanol–water partition coefficient (Wildman–Crippen LogP) is 6.14. The average Bonchev–Trinajstić information content (AvgIpc) is 2.88. The van der Waals surface area contributed by atoms with Gasteiger partial charge in [0.15, 0.2) is 0 Å². The Morgan fingerprint density at radius 1 is 0.806 bits per heavy atom. The minimum Gasteiger partial charge on any atom is -0.496 e. The lowest BCUT2D eigenvalue weighted by atomic mass is 9.93. The molecule has 0 spiro atoms. The molecule has 0 unspecified atom stereocenters. The standard InChI is InChI=1S/C29H27NO5S/c1-20-15-17-23(18-16-20)36(32,33)30-25-13-7-9-21(2)27(25)28-24(12-8-14-26(28)34-3)29(31)35-19-22-10-5-4-6-11-22/h4-18,30H,19H2,1-3H3. The van der Waals surface area contributed by atoms with Gasteiger partial charge in [-0.05, 0) is 55.3 Å². The molecule has 0 aliphatic carbocycles. The predicted molar refractivity (Wildman–Crippen MR) is 141 cm³/mol. The maximum atomic E-state index is 13.2. The molecule has 4 rings (SSSR count). The van der Waals surface area contributed by atoms with Crippen LogP contribution in [0, 0.1) is 13.8 Å². The zero-order valence-corrected chi connectivity index (χ0v) is 21.1. The van der Waals surface area contributed by atoms with Gasteiger partial charge < -0.3 is 9.47 Å². The van der Waals surface area contributed by atoms with Gasteiger partial charge in [0.25, 0.3) is 10.0 Å². The van der Waals surface area contributed by atoms with Crippen LogP contribution in [0.25, 0.3) is 11.1 Å². The van der Waals surface area contributed by atoms with Crippen LogP contribution in [-0.4, -0.2) is 21.5 Å². The van der Waals surface area contributed by atoms with Crippen molar-refractivity contribution in [1.82, 2.24) is 0 Å². The summed E-state index contributed by atoms with van der Waals surface area (Å²) in [6.07, 6.45) is 0. The summed E-state index contributed by atoms with van der Waals surface area (Å²) < 4.78 is 40.3. The molecule has 1 N–H and O–H groups in total. The molecule has 0 atom stereocenters. The van der Waals surface area contributed by atoms with Crippen molar-refractivity contribution >= 4 is 21.7 Å². The van der Waals surface area contributed by atoms with E-state index in [4.69, 9.17) is 9.47 Å². The van der Waals surface area contributed by atoms with Gasteiger partial charge in [-0.1, -0.05) is 66.2 Å². The van der Waals surface area contributed by atoms with Gasteiger partial charge in [-0.2, -0.15) is 0 Å². The fraction of sp³-hybridized carbons (Fsp3) is 0.138. The van der Waals surface area contributed by atoms with Crippen molar-refractivity contribution in [1.29, 1.82) is 0 Å². The van der Waals surface area contributed by atoms with Crippen molar-refractivity contribution in [2.45, 2.75) is 25.3 Å². The van der Waals surface area contributed by atoms with Crippen LogP contribution in [0.2, 0.25) is 0 Å². The van der Waals surface area contributed by atoms with E-state index in [-0.39, 0.29) is 17.1 Å². The molecular formula is C29H27NO5S. The van der Waals surface area contributed by atoms with Gasteiger partial charge in [-0.3, -0.25) is 4.72 Å². The maximum absolute atomic E-state index is 13.2. The molecule has 0 saturated heterocycles. The van der Waals surface area contributed by atoms with E-state index < -0.39 is 16.0 Å². The molecular weight excluding hydrogens is 474 g/mol. The second kappa shape index (κ2) is 10.7. The minimum absolute atomic E-state index is 0.108. The summed E-state index contributed by atoms with van der Waals surface area (Å²) in [4.78, 5) is 13.4. The number of esters is 1. The van der Waals surface area contributed by atoms with E-state index in [0.29, 0.717) is 22.6 Å². The number of nitrogens with one attached hydrogen (secondary N) is 1. The summed E-state index contributed by atoms with van der Waals surface area (Å²) >= 11 is 0. The molecule has 0 aliphatic heterocycles. The van der Waals surface area contributed by atoms with Crippen LogP contribution >= 0.6 is 0 Å². The van der Waals surface area contributed by atoms with Crippen molar-refractivity contribution in [2.24, 2.45) is 0 Å². The third-order valence-electron chi connectivity index (χ3n) is 5.78. The lowest BCUT2D eigenvalue weighted by Gasteiger charge is -2.20. The quantitative estimate of drug-likeness (QED) is 0.294. The van der Waals surface area contributed by atoms with Crippen LogP contribution in [0.5, 0.6) is 5.75 Å². The maximum Gasteiger partial charge on any atom is 0.339 e. The number of sulfonamides is 1. The molecule has 0 aromatic heterocycles. The number of hydrogen-bond acceptors (Lipinski definition) is 5. The first-order valence-electron chi connectivity index (χ1n) is 11.4. The molecule has 4 aromatic rings. The lowest BCUT2D eigenvalue weighted by molar-refractivity contribution is 0.0473. The Morgan fingerprint density at radius 2 is 1.50 bits per heavy atom. The van der Waals surface area contributed by atoms with E-state index in [0.717, 1.165) is 16.7 Å². The number of carbonyl (C=O) groups is 1. The molecule has 36 heavy (non-hydrogen) atoms. The number of methoxy groups -OCH3 is 1. The van der Waals surface area contributed by atoms with Crippen LogP contribution in [0.3, 0.4) is 0 Å². The van der Waals surface area contributed by atoms with E-state index in [1.54, 1.807) is 54.6 Å². The molecule has 0 radical (unpaired) electrons. The zero-order chi connectivity index (χ0) is 25.7. The monoisotopic (exact) mass is 501 g/mol. The van der Waals surface area contributed by atoms with Gasteiger partial charge >= 0.3 is 5.97 Å². The summed E-state index contributed by atoms with van der Waals surface area (Å²) in [5.41, 5.74) is 4.18. The Labute approximate surface area is 211 Å². The van der Waals surface area contributed by atoms with Crippen LogP contribution in [0.1, 0.15) is 27.0 Å². The van der Waals surface area contributed by atoms with Gasteiger partial charge in [-0.25, -0.2) is 13.2 Å². The van der Waals surface area contributed by atoms with Gasteiger partial charge in [0.05, 0.1) is 23.3 Å². The first-order valence-corrected chi connectivity index (χ1v) is 12.9. The van der Waals surface area contributed by atoms with Crippen molar-refractivity contribution < 1.29 is 22.7 Å². The minimum atomic E-state index is -3.88. The van der Waals surface area contributed by atoms with Gasteiger partial charge in [0.1, 0.15) is 12.4 Å². The molecule has 0 fully saturated rings. The van der Waals surface area contributed by atoms with E-state index in [2.05, 4.69) is 4.72 Å². The van der Waals surface area contributed by atoms with Crippen molar-refractivity contribution in [3.05, 3.63) is 113 Å². The number of rotatable bonds is 8. The molecule has 0 heterocycles. The molecule has 0 saturated carbocycles. The molecule has 0 amide bonds. The lowest BCUT2D eigenvalue weighted by Crippen LogP contribution is -2.15. The third kappa shape index (κ3) is 5.42. The van der Waals surface area contributed by atoms with Crippen LogP contribution in [0.15, 0.2) is 95.9 Å². The first kappa shape index (κ1) is 25.0. The van der Waals surface area contributed by atoms with Gasteiger partial charge in [0.2, 0.25) is 0 Å². The SMILES string of the molecule is COc1cccc(C(=O)OCc2ccccc2)c1-c1c(C)cccc1NS(=O)(=O)c1ccc(C)cc1. The summed E-state index contributed by atoms with van der Waals surface area (Å²) in [6, 6.07) is 26.4. The highest BCUT2D eigenvalue weighted by Gasteiger charge is 2.24. The number of benzene rings is 4. The molecule has 0 bridgehead atoms. The summed E-state index contributed by atoms with van der Waals surface area (Å²) in [5, 5.41) is 0. The van der Waals surface area contributed by atoms with E-state index in [9.17, 15) is 13.2 Å². The number of carbonyl (C=O) groups excluding carboxylic acids is 1. The second-order valence-corrected chi connectivity index (χ2v) is 10.0. The highest BCUT2D eigenvalue weighted by atomic mass is 32.2.